The summed E-state index contributed by atoms with van der Waals surface area (Å²) in [5.41, 5.74) is 5.99. The molecule has 1 aromatic carbocycles. The number of benzene rings is 1. The Morgan fingerprint density at radius 2 is 1.90 bits per heavy atom. The third-order valence-electron chi connectivity index (χ3n) is 4.66. The van der Waals surface area contributed by atoms with Gasteiger partial charge in [0.15, 0.2) is 0 Å². The molecule has 0 radical (unpaired) electrons. The molecule has 3 rings (SSSR count). The largest absolute Gasteiger partial charge is 0.309 e. The highest BCUT2D eigenvalue weighted by Crippen LogP contribution is 2.36. The van der Waals surface area contributed by atoms with E-state index in [0.29, 0.717) is 6.04 Å². The normalized spacial score (nSPS) is 15.2. The van der Waals surface area contributed by atoms with Gasteiger partial charge in [-0.15, -0.1) is 11.3 Å². The molecule has 0 amide bonds. The van der Waals surface area contributed by atoms with Gasteiger partial charge in [0.25, 0.3) is 0 Å². The molecule has 1 heterocycles. The highest BCUT2D eigenvalue weighted by atomic mass is 32.1. The van der Waals surface area contributed by atoms with Crippen molar-refractivity contribution in [2.45, 2.75) is 52.0 Å². The van der Waals surface area contributed by atoms with Gasteiger partial charge >= 0.3 is 0 Å². The Hall–Kier alpha value is -1.12. The van der Waals surface area contributed by atoms with Crippen LogP contribution in [0.5, 0.6) is 0 Å². The zero-order chi connectivity index (χ0) is 14.8. The highest BCUT2D eigenvalue weighted by Gasteiger charge is 2.20. The predicted molar refractivity (Wildman–Crippen MR) is 92.4 cm³/mol. The predicted octanol–water partition coefficient (Wildman–Crippen LogP) is 4.67. The van der Waals surface area contributed by atoms with Gasteiger partial charge in [-0.3, -0.25) is 0 Å². The molecule has 0 fully saturated rings. The Labute approximate surface area is 132 Å². The molecular weight excluding hydrogens is 274 g/mol. The van der Waals surface area contributed by atoms with E-state index >= 15 is 0 Å². The van der Waals surface area contributed by atoms with Crippen molar-refractivity contribution in [3.8, 4) is 0 Å². The second-order valence-corrected chi connectivity index (χ2v) is 7.08. The number of rotatable bonds is 5. The first-order chi connectivity index (χ1) is 10.3. The highest BCUT2D eigenvalue weighted by molar-refractivity contribution is 7.12. The van der Waals surface area contributed by atoms with Gasteiger partial charge in [-0.1, -0.05) is 32.0 Å². The van der Waals surface area contributed by atoms with E-state index in [1.54, 1.807) is 10.4 Å². The summed E-state index contributed by atoms with van der Waals surface area (Å²) in [6.07, 6.45) is 6.15. The van der Waals surface area contributed by atoms with E-state index in [-0.39, 0.29) is 0 Å². The topological polar surface area (TPSA) is 12.0 Å². The van der Waals surface area contributed by atoms with Crippen molar-refractivity contribution in [2.75, 3.05) is 7.05 Å². The molecule has 1 aliphatic carbocycles. The fraction of sp³-hybridized carbons (Fsp3) is 0.474. The van der Waals surface area contributed by atoms with Crippen LogP contribution in [-0.2, 0) is 25.7 Å². The summed E-state index contributed by atoms with van der Waals surface area (Å²) in [7, 11) is 2.08. The fourth-order valence-corrected chi connectivity index (χ4v) is 4.86. The minimum Gasteiger partial charge on any atom is -0.309 e. The first kappa shape index (κ1) is 14.8. The van der Waals surface area contributed by atoms with Crippen LogP contribution in [0, 0.1) is 0 Å². The summed E-state index contributed by atoms with van der Waals surface area (Å²) in [6.45, 7) is 4.50. The minimum absolute atomic E-state index is 0.344. The molecule has 0 aliphatic heterocycles. The number of hydrogen-bond donors (Lipinski definition) is 1. The van der Waals surface area contributed by atoms with Crippen molar-refractivity contribution in [2.24, 2.45) is 0 Å². The summed E-state index contributed by atoms with van der Waals surface area (Å²) in [5.74, 6) is 0. The smallest absolute Gasteiger partial charge is 0.0668 e. The van der Waals surface area contributed by atoms with Crippen molar-refractivity contribution in [3.05, 3.63) is 56.3 Å². The molecule has 1 unspecified atom stereocenters. The van der Waals surface area contributed by atoms with Gasteiger partial charge in [-0.2, -0.15) is 0 Å². The van der Waals surface area contributed by atoms with Gasteiger partial charge in [-0.05, 0) is 67.5 Å². The van der Waals surface area contributed by atoms with E-state index in [9.17, 15) is 0 Å². The van der Waals surface area contributed by atoms with Crippen molar-refractivity contribution < 1.29 is 0 Å². The fourth-order valence-electron chi connectivity index (χ4n) is 3.47. The van der Waals surface area contributed by atoms with Gasteiger partial charge in [0.2, 0.25) is 0 Å². The molecule has 1 nitrogen and oxygen atoms in total. The van der Waals surface area contributed by atoms with Crippen LogP contribution in [0.15, 0.2) is 24.3 Å². The Balaban J connectivity index is 1.95. The molecular formula is C19H25NS. The van der Waals surface area contributed by atoms with Crippen LogP contribution < -0.4 is 5.32 Å². The maximum absolute atomic E-state index is 3.52. The second-order valence-electron chi connectivity index (χ2n) is 5.91. The minimum atomic E-state index is 0.344. The third-order valence-corrected chi connectivity index (χ3v) is 5.97. The van der Waals surface area contributed by atoms with Crippen molar-refractivity contribution in [3.63, 3.8) is 0 Å². The average molecular weight is 299 g/mol. The van der Waals surface area contributed by atoms with Crippen molar-refractivity contribution in [1.29, 1.82) is 0 Å². The summed E-state index contributed by atoms with van der Waals surface area (Å²) >= 11 is 2.01. The molecule has 21 heavy (non-hydrogen) atoms. The van der Waals surface area contributed by atoms with E-state index < -0.39 is 0 Å². The lowest BCUT2D eigenvalue weighted by Gasteiger charge is -2.18. The maximum atomic E-state index is 3.52. The Bertz CT molecular complexity index is 605. The first-order valence-electron chi connectivity index (χ1n) is 8.17. The molecule has 0 bridgehead atoms. The van der Waals surface area contributed by atoms with Crippen LogP contribution in [0.4, 0.5) is 0 Å². The number of nitrogens with one attached hydrogen (secondary N) is 1. The SMILES string of the molecule is CCc1ccc(C(NC)c2cc3c(s2)CCC3)cc1CC. The van der Waals surface area contributed by atoms with Crippen molar-refractivity contribution >= 4 is 11.3 Å². The zero-order valence-corrected chi connectivity index (χ0v) is 14.1. The molecule has 1 aliphatic rings. The van der Waals surface area contributed by atoms with E-state index in [4.69, 9.17) is 0 Å². The monoisotopic (exact) mass is 299 g/mol. The lowest BCUT2D eigenvalue weighted by atomic mass is 9.96. The quantitative estimate of drug-likeness (QED) is 0.846. The van der Waals surface area contributed by atoms with Gasteiger partial charge in [0.05, 0.1) is 6.04 Å². The van der Waals surface area contributed by atoms with Gasteiger partial charge in [0.1, 0.15) is 0 Å². The molecule has 0 spiro atoms. The van der Waals surface area contributed by atoms with Crippen LogP contribution >= 0.6 is 11.3 Å². The molecule has 1 aromatic heterocycles. The summed E-state index contributed by atoms with van der Waals surface area (Å²) in [6, 6.07) is 9.82. The zero-order valence-electron chi connectivity index (χ0n) is 13.3. The second kappa shape index (κ2) is 6.33. The van der Waals surface area contributed by atoms with Crippen LogP contribution in [0.1, 0.15) is 58.3 Å². The van der Waals surface area contributed by atoms with E-state index in [1.165, 1.54) is 40.8 Å². The van der Waals surface area contributed by atoms with Gasteiger partial charge < -0.3 is 5.32 Å². The van der Waals surface area contributed by atoms with E-state index in [1.807, 2.05) is 11.3 Å². The number of aryl methyl sites for hydroxylation is 4. The van der Waals surface area contributed by atoms with Crippen molar-refractivity contribution in [1.82, 2.24) is 5.32 Å². The Morgan fingerprint density at radius 3 is 2.57 bits per heavy atom. The first-order valence-corrected chi connectivity index (χ1v) is 8.98. The van der Waals surface area contributed by atoms with E-state index in [0.717, 1.165) is 12.8 Å². The third kappa shape index (κ3) is 2.79. The number of hydrogen-bond acceptors (Lipinski definition) is 2. The molecule has 1 N–H and O–H groups in total. The molecule has 2 aromatic rings. The standard InChI is InChI=1S/C19H25NS/c1-4-13-9-10-16(11-14(13)5-2)19(20-3)18-12-15-7-6-8-17(15)21-18/h9-12,19-20H,4-8H2,1-3H3. The van der Waals surface area contributed by atoms with Crippen LogP contribution in [-0.4, -0.2) is 7.05 Å². The molecule has 1 atom stereocenters. The average Bonchev–Trinajstić information content (AvgIpc) is 3.09. The number of fused-ring (bicyclic) bond motifs is 1. The molecule has 112 valence electrons. The van der Waals surface area contributed by atoms with Crippen LogP contribution in [0.3, 0.4) is 0 Å². The molecule has 2 heteroatoms. The lowest BCUT2D eigenvalue weighted by molar-refractivity contribution is 0.701. The number of thiophene rings is 1. The Kier molecular flexibility index (Phi) is 4.46. The van der Waals surface area contributed by atoms with Crippen LogP contribution in [0.2, 0.25) is 0 Å². The van der Waals surface area contributed by atoms with Gasteiger partial charge in [-0.25, -0.2) is 0 Å². The summed E-state index contributed by atoms with van der Waals surface area (Å²) < 4.78 is 0. The summed E-state index contributed by atoms with van der Waals surface area (Å²) in [4.78, 5) is 3.10. The van der Waals surface area contributed by atoms with Crippen LogP contribution in [0.25, 0.3) is 0 Å². The maximum Gasteiger partial charge on any atom is 0.0668 e. The Morgan fingerprint density at radius 1 is 1.10 bits per heavy atom. The lowest BCUT2D eigenvalue weighted by Crippen LogP contribution is -2.17. The molecule has 0 saturated carbocycles. The summed E-state index contributed by atoms with van der Waals surface area (Å²) in [5, 5.41) is 3.52. The molecule has 0 saturated heterocycles. The van der Waals surface area contributed by atoms with E-state index in [2.05, 4.69) is 50.5 Å². The van der Waals surface area contributed by atoms with Gasteiger partial charge in [0, 0.05) is 9.75 Å².